The molecule has 1 aliphatic rings. The molecule has 7 heteroatoms. The van der Waals surface area contributed by atoms with Gasteiger partial charge in [0, 0.05) is 25.7 Å². The van der Waals surface area contributed by atoms with Gasteiger partial charge in [-0.3, -0.25) is 9.48 Å². The molecule has 146 valence electrons. The van der Waals surface area contributed by atoms with Crippen LogP contribution >= 0.6 is 0 Å². The summed E-state index contributed by atoms with van der Waals surface area (Å²) >= 11 is 0. The Labute approximate surface area is 167 Å². The summed E-state index contributed by atoms with van der Waals surface area (Å²) in [5.41, 5.74) is 5.11. The molecule has 0 spiro atoms. The smallest absolute Gasteiger partial charge is 0.272 e. The number of rotatable bonds is 3. The third-order valence-corrected chi connectivity index (χ3v) is 5.45. The maximum absolute atomic E-state index is 13.1. The zero-order valence-electron chi connectivity index (χ0n) is 16.2. The Morgan fingerprint density at radius 3 is 2.66 bits per heavy atom. The van der Waals surface area contributed by atoms with Gasteiger partial charge in [0.1, 0.15) is 17.3 Å². The Hall–Kier alpha value is -3.48. The Morgan fingerprint density at radius 1 is 1.14 bits per heavy atom. The predicted molar refractivity (Wildman–Crippen MR) is 108 cm³/mol. The van der Waals surface area contributed by atoms with Crippen LogP contribution in [0.2, 0.25) is 0 Å². The second-order valence-electron chi connectivity index (χ2n) is 7.60. The molecular formula is C22H20FN5O. The number of imidazole rings is 1. The van der Waals surface area contributed by atoms with E-state index in [1.807, 2.05) is 12.1 Å². The maximum atomic E-state index is 13.1. The first kappa shape index (κ1) is 17.6. The summed E-state index contributed by atoms with van der Waals surface area (Å²) in [6, 6.07) is 14.0. The van der Waals surface area contributed by atoms with Crippen molar-refractivity contribution < 1.29 is 9.18 Å². The molecule has 0 atom stereocenters. The number of hydrogen-bond acceptors (Lipinski definition) is 3. The van der Waals surface area contributed by atoms with Gasteiger partial charge in [0.05, 0.1) is 22.6 Å². The van der Waals surface area contributed by atoms with E-state index in [0.29, 0.717) is 24.5 Å². The third kappa shape index (κ3) is 3.08. The summed E-state index contributed by atoms with van der Waals surface area (Å²) < 4.78 is 14.7. The van der Waals surface area contributed by atoms with Gasteiger partial charge in [-0.2, -0.15) is 5.10 Å². The zero-order valence-corrected chi connectivity index (χ0v) is 16.2. The number of carbonyl (C=O) groups excluding carboxylic acids is 1. The first-order valence-electron chi connectivity index (χ1n) is 9.53. The van der Waals surface area contributed by atoms with Crippen molar-refractivity contribution in [1.82, 2.24) is 24.6 Å². The largest absolute Gasteiger partial charge is 0.342 e. The normalized spacial score (nSPS) is 14.4. The van der Waals surface area contributed by atoms with Gasteiger partial charge in [-0.15, -0.1) is 0 Å². The molecule has 0 bridgehead atoms. The van der Waals surface area contributed by atoms with Crippen molar-refractivity contribution in [2.24, 2.45) is 7.05 Å². The van der Waals surface area contributed by atoms with E-state index >= 15 is 0 Å². The molecule has 1 aliphatic heterocycles. The number of carbonyl (C=O) groups is 1. The topological polar surface area (TPSA) is 66.8 Å². The number of aromatic amines is 1. The molecule has 1 fully saturated rings. The lowest BCUT2D eigenvalue weighted by molar-refractivity contribution is 0.0584. The van der Waals surface area contributed by atoms with Crippen LogP contribution in [-0.2, 0) is 7.05 Å². The second-order valence-corrected chi connectivity index (χ2v) is 7.60. The van der Waals surface area contributed by atoms with Crippen LogP contribution in [0.3, 0.4) is 0 Å². The van der Waals surface area contributed by atoms with Gasteiger partial charge in [0.2, 0.25) is 0 Å². The van der Waals surface area contributed by atoms with Crippen LogP contribution in [0.25, 0.3) is 22.3 Å². The molecule has 1 saturated heterocycles. The van der Waals surface area contributed by atoms with E-state index in [0.717, 1.165) is 22.4 Å². The Morgan fingerprint density at radius 2 is 1.90 bits per heavy atom. The summed E-state index contributed by atoms with van der Waals surface area (Å²) in [6.45, 7) is 3.29. The molecule has 29 heavy (non-hydrogen) atoms. The molecule has 3 heterocycles. The molecule has 5 rings (SSSR count). The molecule has 0 aliphatic carbocycles. The van der Waals surface area contributed by atoms with Gasteiger partial charge in [-0.05, 0) is 55.0 Å². The number of nitrogens with zero attached hydrogens (tertiary/aromatic N) is 4. The Bertz CT molecular complexity index is 1220. The molecule has 0 radical (unpaired) electrons. The van der Waals surface area contributed by atoms with Crippen LogP contribution in [0.1, 0.15) is 27.8 Å². The van der Waals surface area contributed by atoms with E-state index in [2.05, 4.69) is 28.1 Å². The van der Waals surface area contributed by atoms with E-state index in [4.69, 9.17) is 0 Å². The summed E-state index contributed by atoms with van der Waals surface area (Å²) in [7, 11) is 1.75. The number of hydrogen-bond donors (Lipinski definition) is 1. The zero-order chi connectivity index (χ0) is 20.1. The number of aryl methyl sites for hydroxylation is 2. The molecule has 1 N–H and O–H groups in total. The summed E-state index contributed by atoms with van der Waals surface area (Å²) in [6.07, 6.45) is 0. The van der Waals surface area contributed by atoms with Gasteiger partial charge in [0.15, 0.2) is 0 Å². The SMILES string of the molecule is Cc1ccc2nc(C3CN(C(=O)c4cc(-c5ccc(F)cc5)nn4C)C3)[nH]c2c1. The summed E-state index contributed by atoms with van der Waals surface area (Å²) in [5, 5.41) is 4.41. The number of halogens is 1. The minimum absolute atomic E-state index is 0.0587. The van der Waals surface area contributed by atoms with Crippen molar-refractivity contribution in [1.29, 1.82) is 0 Å². The number of benzene rings is 2. The van der Waals surface area contributed by atoms with Crippen molar-refractivity contribution in [2.75, 3.05) is 13.1 Å². The van der Waals surface area contributed by atoms with E-state index in [-0.39, 0.29) is 17.6 Å². The second kappa shape index (κ2) is 6.55. The summed E-state index contributed by atoms with van der Waals surface area (Å²) in [4.78, 5) is 22.8. The monoisotopic (exact) mass is 389 g/mol. The lowest BCUT2D eigenvalue weighted by Gasteiger charge is -2.38. The van der Waals surface area contributed by atoms with Gasteiger partial charge < -0.3 is 9.88 Å². The number of aromatic nitrogens is 4. The average Bonchev–Trinajstić information content (AvgIpc) is 3.24. The van der Waals surface area contributed by atoms with E-state index < -0.39 is 0 Å². The predicted octanol–water partition coefficient (Wildman–Crippen LogP) is 3.65. The highest BCUT2D eigenvalue weighted by atomic mass is 19.1. The number of fused-ring (bicyclic) bond motifs is 1. The highest BCUT2D eigenvalue weighted by Crippen LogP contribution is 2.29. The van der Waals surface area contributed by atoms with Crippen LogP contribution in [0.15, 0.2) is 48.5 Å². The van der Waals surface area contributed by atoms with E-state index in [9.17, 15) is 9.18 Å². The standard InChI is InChI=1S/C22H20FN5O/c1-13-3-8-17-19(9-13)25-21(24-17)15-11-28(12-15)22(29)20-10-18(26-27(20)2)14-4-6-16(23)7-5-14/h3-10,15H,11-12H2,1-2H3,(H,24,25). The van der Waals surface area contributed by atoms with Crippen LogP contribution in [-0.4, -0.2) is 43.6 Å². The summed E-state index contributed by atoms with van der Waals surface area (Å²) in [5.74, 6) is 0.771. The number of likely N-dealkylation sites (tertiary alicyclic amines) is 1. The van der Waals surface area contributed by atoms with Gasteiger partial charge in [-0.1, -0.05) is 6.07 Å². The number of H-pyrrole nitrogens is 1. The van der Waals surface area contributed by atoms with Crippen molar-refractivity contribution in [3.05, 3.63) is 71.4 Å². The minimum atomic E-state index is -0.298. The van der Waals surface area contributed by atoms with Gasteiger partial charge in [0.25, 0.3) is 5.91 Å². The van der Waals surface area contributed by atoms with Gasteiger partial charge in [-0.25, -0.2) is 9.37 Å². The maximum Gasteiger partial charge on any atom is 0.272 e. The first-order chi connectivity index (χ1) is 14.0. The van der Waals surface area contributed by atoms with Crippen LogP contribution in [0.4, 0.5) is 4.39 Å². The average molecular weight is 389 g/mol. The molecule has 2 aromatic carbocycles. The molecule has 2 aromatic heterocycles. The van der Waals surface area contributed by atoms with Crippen LogP contribution < -0.4 is 0 Å². The Kier molecular flexibility index (Phi) is 3.97. The van der Waals surface area contributed by atoms with E-state index in [1.54, 1.807) is 34.8 Å². The highest BCUT2D eigenvalue weighted by Gasteiger charge is 2.35. The van der Waals surface area contributed by atoms with Crippen molar-refractivity contribution in [2.45, 2.75) is 12.8 Å². The molecule has 0 unspecified atom stereocenters. The Balaban J connectivity index is 1.31. The van der Waals surface area contributed by atoms with Crippen LogP contribution in [0.5, 0.6) is 0 Å². The fourth-order valence-electron chi connectivity index (χ4n) is 3.75. The van der Waals surface area contributed by atoms with Crippen molar-refractivity contribution in [3.63, 3.8) is 0 Å². The fraction of sp³-hybridized carbons (Fsp3) is 0.227. The highest BCUT2D eigenvalue weighted by molar-refractivity contribution is 5.94. The van der Waals surface area contributed by atoms with Crippen molar-refractivity contribution >= 4 is 16.9 Å². The first-order valence-corrected chi connectivity index (χ1v) is 9.53. The quantitative estimate of drug-likeness (QED) is 0.582. The fourth-order valence-corrected chi connectivity index (χ4v) is 3.75. The number of nitrogens with one attached hydrogen (secondary N) is 1. The van der Waals surface area contributed by atoms with Crippen LogP contribution in [0, 0.1) is 12.7 Å². The van der Waals surface area contributed by atoms with Crippen molar-refractivity contribution in [3.8, 4) is 11.3 Å². The third-order valence-electron chi connectivity index (χ3n) is 5.45. The molecule has 4 aromatic rings. The minimum Gasteiger partial charge on any atom is -0.342 e. The number of amides is 1. The lowest BCUT2D eigenvalue weighted by Crippen LogP contribution is -2.49. The molecular weight excluding hydrogens is 369 g/mol. The molecule has 1 amide bonds. The van der Waals surface area contributed by atoms with Gasteiger partial charge >= 0.3 is 0 Å². The van der Waals surface area contributed by atoms with E-state index in [1.165, 1.54) is 17.7 Å². The molecule has 0 saturated carbocycles. The lowest BCUT2D eigenvalue weighted by atomic mass is 9.99. The molecule has 6 nitrogen and oxygen atoms in total.